The van der Waals surface area contributed by atoms with Crippen molar-refractivity contribution in [2.75, 3.05) is 34.2 Å². The Balaban J connectivity index is 3.77. The smallest absolute Gasteiger partial charge is 0.0887 e. The molecule has 3 heteroatoms. The summed E-state index contributed by atoms with van der Waals surface area (Å²) in [5, 5.41) is 0. The highest BCUT2D eigenvalue weighted by Crippen LogP contribution is 1.98. The summed E-state index contributed by atoms with van der Waals surface area (Å²) in [4.78, 5) is 8.23. The molecule has 0 fully saturated rings. The molecule has 0 amide bonds. The first-order valence-electron chi connectivity index (χ1n) is 4.57. The zero-order valence-corrected chi connectivity index (χ0v) is 9.25. The highest BCUT2D eigenvalue weighted by atomic mass is 15.2. The number of rotatable bonds is 6. The van der Waals surface area contributed by atoms with E-state index in [0.717, 1.165) is 25.2 Å². The number of hydrogen-bond acceptors (Lipinski definition) is 2. The number of hydrogen-bond donors (Lipinski definition) is 0. The lowest BCUT2D eigenvalue weighted by atomic mass is 10.3. The van der Waals surface area contributed by atoms with Crippen LogP contribution in [0.5, 0.6) is 0 Å². The van der Waals surface area contributed by atoms with Crippen molar-refractivity contribution in [2.45, 2.75) is 13.3 Å². The lowest BCUT2D eigenvalue weighted by Crippen LogP contribution is -2.24. The fourth-order valence-corrected chi connectivity index (χ4v) is 1.04. The molecule has 0 aliphatic heterocycles. The van der Waals surface area contributed by atoms with Gasteiger partial charge in [-0.2, -0.15) is 0 Å². The minimum atomic E-state index is 0.991. The van der Waals surface area contributed by atoms with Crippen LogP contribution in [0, 0.1) is 0 Å². The van der Waals surface area contributed by atoms with Crippen LogP contribution in [-0.4, -0.2) is 50.4 Å². The van der Waals surface area contributed by atoms with Gasteiger partial charge < -0.3 is 9.80 Å². The highest BCUT2D eigenvalue weighted by molar-refractivity contribution is 5.57. The lowest BCUT2D eigenvalue weighted by Gasteiger charge is -2.20. The van der Waals surface area contributed by atoms with Gasteiger partial charge in [0.15, 0.2) is 0 Å². The van der Waals surface area contributed by atoms with Crippen LogP contribution >= 0.6 is 0 Å². The molecule has 0 heterocycles. The van der Waals surface area contributed by atoms with Gasteiger partial charge in [-0.15, -0.1) is 0 Å². The third-order valence-electron chi connectivity index (χ3n) is 1.75. The van der Waals surface area contributed by atoms with Crippen molar-refractivity contribution in [3.63, 3.8) is 0 Å². The molecule has 0 aromatic heterocycles. The second-order valence-corrected chi connectivity index (χ2v) is 3.46. The SMILES string of the molecule is C=C(C)N(C=NC)CCCN(C)C. The summed E-state index contributed by atoms with van der Waals surface area (Å²) in [6, 6.07) is 0. The monoisotopic (exact) mass is 183 g/mol. The molecule has 0 N–H and O–H groups in total. The molecule has 0 unspecified atom stereocenters. The van der Waals surface area contributed by atoms with Crippen molar-refractivity contribution in [2.24, 2.45) is 4.99 Å². The molecule has 0 saturated heterocycles. The lowest BCUT2D eigenvalue weighted by molar-refractivity contribution is 0.375. The van der Waals surface area contributed by atoms with Crippen molar-refractivity contribution < 1.29 is 0 Å². The van der Waals surface area contributed by atoms with E-state index in [9.17, 15) is 0 Å². The Kier molecular flexibility index (Phi) is 6.24. The highest BCUT2D eigenvalue weighted by Gasteiger charge is 1.99. The average Bonchev–Trinajstić information content (AvgIpc) is 2.02. The minimum absolute atomic E-state index is 0.991. The van der Waals surface area contributed by atoms with E-state index >= 15 is 0 Å². The zero-order valence-electron chi connectivity index (χ0n) is 9.25. The maximum atomic E-state index is 3.98. The molecule has 0 bridgehead atoms. The van der Waals surface area contributed by atoms with E-state index < -0.39 is 0 Å². The molecule has 0 rings (SSSR count). The first-order valence-corrected chi connectivity index (χ1v) is 4.57. The average molecular weight is 183 g/mol. The van der Waals surface area contributed by atoms with E-state index in [4.69, 9.17) is 0 Å². The molecular formula is C10H21N3. The van der Waals surface area contributed by atoms with Crippen LogP contribution in [0.2, 0.25) is 0 Å². The zero-order chi connectivity index (χ0) is 10.3. The molecule has 0 atom stereocenters. The second-order valence-electron chi connectivity index (χ2n) is 3.46. The van der Waals surface area contributed by atoms with Gasteiger partial charge in [-0.25, -0.2) is 0 Å². The molecule has 0 aromatic rings. The summed E-state index contributed by atoms with van der Waals surface area (Å²) >= 11 is 0. The second kappa shape index (κ2) is 6.66. The van der Waals surface area contributed by atoms with Gasteiger partial charge in [0.05, 0.1) is 6.34 Å². The number of nitrogens with zero attached hydrogens (tertiary/aromatic N) is 3. The molecule has 0 radical (unpaired) electrons. The van der Waals surface area contributed by atoms with Gasteiger partial charge in [0.2, 0.25) is 0 Å². The normalized spacial score (nSPS) is 11.2. The van der Waals surface area contributed by atoms with E-state index in [1.165, 1.54) is 0 Å². The largest absolute Gasteiger partial charge is 0.337 e. The quantitative estimate of drug-likeness (QED) is 0.458. The third-order valence-corrected chi connectivity index (χ3v) is 1.75. The van der Waals surface area contributed by atoms with Crippen molar-refractivity contribution >= 4 is 6.34 Å². The fraction of sp³-hybridized carbons (Fsp3) is 0.700. The molecule has 13 heavy (non-hydrogen) atoms. The van der Waals surface area contributed by atoms with Gasteiger partial charge >= 0.3 is 0 Å². The molecular weight excluding hydrogens is 162 g/mol. The summed E-state index contributed by atoms with van der Waals surface area (Å²) in [5.41, 5.74) is 1.05. The van der Waals surface area contributed by atoms with Gasteiger partial charge in [-0.1, -0.05) is 6.58 Å². The Morgan fingerprint density at radius 1 is 1.38 bits per heavy atom. The van der Waals surface area contributed by atoms with E-state index in [2.05, 4.69) is 35.5 Å². The van der Waals surface area contributed by atoms with Crippen LogP contribution in [0.4, 0.5) is 0 Å². The van der Waals surface area contributed by atoms with Crippen LogP contribution in [0.15, 0.2) is 17.3 Å². The van der Waals surface area contributed by atoms with Crippen LogP contribution in [-0.2, 0) is 0 Å². The molecule has 0 aromatic carbocycles. The van der Waals surface area contributed by atoms with Gasteiger partial charge in [-0.3, -0.25) is 4.99 Å². The summed E-state index contributed by atoms with van der Waals surface area (Å²) in [7, 11) is 5.94. The standard InChI is InChI=1S/C10H21N3/c1-10(2)13(9-11-3)8-6-7-12(4)5/h9H,1,6-8H2,2-5H3. The maximum Gasteiger partial charge on any atom is 0.0887 e. The summed E-state index contributed by atoms with van der Waals surface area (Å²) in [5.74, 6) is 0. The van der Waals surface area contributed by atoms with E-state index in [1.54, 1.807) is 7.05 Å². The maximum absolute atomic E-state index is 3.98. The van der Waals surface area contributed by atoms with E-state index in [0.29, 0.717) is 0 Å². The van der Waals surface area contributed by atoms with Gasteiger partial charge in [0.1, 0.15) is 0 Å². The Morgan fingerprint density at radius 2 is 2.00 bits per heavy atom. The Labute approximate surface area is 81.7 Å². The topological polar surface area (TPSA) is 18.8 Å². The molecule has 0 saturated carbocycles. The Hall–Kier alpha value is -0.830. The van der Waals surface area contributed by atoms with E-state index in [1.807, 2.05) is 13.3 Å². The van der Waals surface area contributed by atoms with Crippen LogP contribution in [0.25, 0.3) is 0 Å². The Morgan fingerprint density at radius 3 is 2.38 bits per heavy atom. The molecule has 3 nitrogen and oxygen atoms in total. The third kappa shape index (κ3) is 6.34. The first kappa shape index (κ1) is 12.2. The summed E-state index contributed by atoms with van der Waals surface area (Å²) < 4.78 is 0. The summed E-state index contributed by atoms with van der Waals surface area (Å²) in [6.07, 6.45) is 2.96. The van der Waals surface area contributed by atoms with Crippen molar-refractivity contribution in [3.8, 4) is 0 Å². The number of allylic oxidation sites excluding steroid dienone is 1. The van der Waals surface area contributed by atoms with Crippen molar-refractivity contribution in [1.29, 1.82) is 0 Å². The van der Waals surface area contributed by atoms with E-state index in [-0.39, 0.29) is 0 Å². The molecule has 0 spiro atoms. The van der Waals surface area contributed by atoms with Gasteiger partial charge in [0.25, 0.3) is 0 Å². The molecule has 76 valence electrons. The van der Waals surface area contributed by atoms with Gasteiger partial charge in [-0.05, 0) is 34.0 Å². The fourth-order valence-electron chi connectivity index (χ4n) is 1.04. The Bertz CT molecular complexity index is 173. The number of aliphatic imine (C=N–C) groups is 1. The predicted octanol–water partition coefficient (Wildman–Crippen LogP) is 1.43. The molecule has 0 aliphatic carbocycles. The molecule has 0 aliphatic rings. The van der Waals surface area contributed by atoms with Crippen LogP contribution in [0.3, 0.4) is 0 Å². The minimum Gasteiger partial charge on any atom is -0.337 e. The first-order chi connectivity index (χ1) is 6.07. The predicted molar refractivity (Wildman–Crippen MR) is 59.1 cm³/mol. The summed E-state index contributed by atoms with van der Waals surface area (Å²) in [6.45, 7) is 7.98. The van der Waals surface area contributed by atoms with Crippen LogP contribution < -0.4 is 0 Å². The van der Waals surface area contributed by atoms with Crippen LogP contribution in [0.1, 0.15) is 13.3 Å². The van der Waals surface area contributed by atoms with Gasteiger partial charge in [0, 0.05) is 19.3 Å². The van der Waals surface area contributed by atoms with Crippen molar-refractivity contribution in [1.82, 2.24) is 9.80 Å². The van der Waals surface area contributed by atoms with Crippen molar-refractivity contribution in [3.05, 3.63) is 12.3 Å².